The third-order valence-electron chi connectivity index (χ3n) is 6.10. The maximum atomic E-state index is 12.7. The lowest BCUT2D eigenvalue weighted by Crippen LogP contribution is -2.44. The Hall–Kier alpha value is -1.06. The van der Waals surface area contributed by atoms with Gasteiger partial charge in [-0.15, -0.1) is 0 Å². The van der Waals surface area contributed by atoms with Gasteiger partial charge in [0.15, 0.2) is 0 Å². The molecule has 1 amide bonds. The Morgan fingerprint density at radius 3 is 2.00 bits per heavy atom. The van der Waals surface area contributed by atoms with Gasteiger partial charge in [0.05, 0.1) is 5.92 Å². The molecular formula is C16H23NO3. The van der Waals surface area contributed by atoms with Gasteiger partial charge in [-0.1, -0.05) is 0 Å². The molecule has 0 bridgehead atoms. The molecule has 0 aromatic rings. The number of nitrogens with zero attached hydrogens (tertiary/aromatic N) is 1. The Morgan fingerprint density at radius 1 is 1.05 bits per heavy atom. The molecule has 3 saturated carbocycles. The molecule has 1 spiro atoms. The van der Waals surface area contributed by atoms with Gasteiger partial charge >= 0.3 is 5.97 Å². The van der Waals surface area contributed by atoms with E-state index < -0.39 is 5.97 Å². The van der Waals surface area contributed by atoms with E-state index >= 15 is 0 Å². The Labute approximate surface area is 119 Å². The lowest BCUT2D eigenvalue weighted by atomic mass is 9.89. The molecule has 4 nitrogen and oxygen atoms in total. The van der Waals surface area contributed by atoms with Crippen LogP contribution in [0.2, 0.25) is 0 Å². The third kappa shape index (κ3) is 2.04. The van der Waals surface area contributed by atoms with Gasteiger partial charge in [0.1, 0.15) is 0 Å². The van der Waals surface area contributed by atoms with E-state index in [0.29, 0.717) is 23.7 Å². The van der Waals surface area contributed by atoms with Crippen LogP contribution in [-0.4, -0.2) is 35.0 Å². The summed E-state index contributed by atoms with van der Waals surface area (Å²) in [7, 11) is 0. The summed E-state index contributed by atoms with van der Waals surface area (Å²) >= 11 is 0. The molecule has 3 aliphatic carbocycles. The van der Waals surface area contributed by atoms with Crippen molar-refractivity contribution in [3.05, 3.63) is 0 Å². The van der Waals surface area contributed by atoms with Gasteiger partial charge in [-0.3, -0.25) is 9.59 Å². The highest BCUT2D eigenvalue weighted by Gasteiger charge is 2.59. The molecule has 4 heteroatoms. The minimum Gasteiger partial charge on any atom is -0.481 e. The Balaban J connectivity index is 1.37. The molecule has 1 N–H and O–H groups in total. The normalized spacial score (nSPS) is 31.6. The van der Waals surface area contributed by atoms with E-state index in [1.807, 2.05) is 4.90 Å². The number of carboxylic acids is 1. The molecule has 1 atom stereocenters. The fourth-order valence-corrected chi connectivity index (χ4v) is 4.33. The number of hydrogen-bond acceptors (Lipinski definition) is 2. The molecular weight excluding hydrogens is 254 g/mol. The van der Waals surface area contributed by atoms with E-state index in [4.69, 9.17) is 5.11 Å². The van der Waals surface area contributed by atoms with Crippen LogP contribution < -0.4 is 0 Å². The van der Waals surface area contributed by atoms with Crippen LogP contribution in [0.1, 0.15) is 44.9 Å². The quantitative estimate of drug-likeness (QED) is 0.856. The second kappa shape index (κ2) is 4.22. The average Bonchev–Trinajstić information content (AvgIpc) is 3.26. The molecule has 1 heterocycles. The Bertz CT molecular complexity index is 433. The maximum absolute atomic E-state index is 12.7. The molecule has 20 heavy (non-hydrogen) atoms. The predicted molar refractivity (Wildman–Crippen MR) is 72.9 cm³/mol. The number of carbonyl (C=O) groups excluding carboxylic acids is 1. The first kappa shape index (κ1) is 12.7. The number of likely N-dealkylation sites (tertiary alicyclic amines) is 1. The van der Waals surface area contributed by atoms with E-state index in [0.717, 1.165) is 32.4 Å². The summed E-state index contributed by atoms with van der Waals surface area (Å²) in [5.41, 5.74) is 0.0390. The van der Waals surface area contributed by atoms with Crippen molar-refractivity contribution in [3.63, 3.8) is 0 Å². The number of amides is 1. The smallest absolute Gasteiger partial charge is 0.307 e. The van der Waals surface area contributed by atoms with Gasteiger partial charge in [0.25, 0.3) is 0 Å². The SMILES string of the molecule is O=C(O)C1CC12CCN(C(=O)C(C1CC1)C1CC1)CC2. The fraction of sp³-hybridized carbons (Fsp3) is 0.875. The summed E-state index contributed by atoms with van der Waals surface area (Å²) in [5.74, 6) is 1.24. The van der Waals surface area contributed by atoms with Crippen molar-refractivity contribution in [1.29, 1.82) is 0 Å². The number of hydrogen-bond donors (Lipinski definition) is 1. The monoisotopic (exact) mass is 277 g/mol. The standard InChI is InChI=1S/C16H23NO3/c18-14(13(10-1-2-10)11-3-4-11)17-7-5-16(6-8-17)9-12(16)15(19)20/h10-13H,1-9H2,(H,19,20). The highest BCUT2D eigenvalue weighted by atomic mass is 16.4. The highest BCUT2D eigenvalue weighted by molar-refractivity contribution is 5.80. The minimum atomic E-state index is -0.640. The third-order valence-corrected chi connectivity index (χ3v) is 6.10. The first-order valence-electron chi connectivity index (χ1n) is 8.12. The maximum Gasteiger partial charge on any atom is 0.307 e. The molecule has 1 aliphatic heterocycles. The van der Waals surface area contributed by atoms with Crippen molar-refractivity contribution >= 4 is 11.9 Å². The molecule has 0 aromatic carbocycles. The predicted octanol–water partition coefficient (Wildman–Crippen LogP) is 2.14. The first-order valence-corrected chi connectivity index (χ1v) is 8.12. The molecule has 0 radical (unpaired) electrons. The topological polar surface area (TPSA) is 57.6 Å². The van der Waals surface area contributed by atoms with Gasteiger partial charge < -0.3 is 10.0 Å². The van der Waals surface area contributed by atoms with Crippen LogP contribution in [0.25, 0.3) is 0 Å². The zero-order valence-corrected chi connectivity index (χ0v) is 11.9. The Morgan fingerprint density at radius 2 is 1.60 bits per heavy atom. The number of piperidine rings is 1. The van der Waals surface area contributed by atoms with Crippen molar-refractivity contribution in [2.45, 2.75) is 44.9 Å². The van der Waals surface area contributed by atoms with E-state index in [9.17, 15) is 9.59 Å². The van der Waals surface area contributed by atoms with Crippen molar-refractivity contribution in [2.24, 2.45) is 29.1 Å². The summed E-state index contributed by atoms with van der Waals surface area (Å²) in [6.07, 6.45) is 7.60. The van der Waals surface area contributed by atoms with E-state index in [1.54, 1.807) is 0 Å². The highest BCUT2D eigenvalue weighted by Crippen LogP contribution is 2.59. The van der Waals surface area contributed by atoms with Crippen LogP contribution in [0.5, 0.6) is 0 Å². The lowest BCUT2D eigenvalue weighted by Gasteiger charge is -2.35. The van der Waals surface area contributed by atoms with Crippen molar-refractivity contribution in [1.82, 2.24) is 4.90 Å². The Kier molecular flexibility index (Phi) is 2.67. The van der Waals surface area contributed by atoms with Gasteiger partial charge in [-0.05, 0) is 62.2 Å². The van der Waals surface area contributed by atoms with Gasteiger partial charge in [0.2, 0.25) is 5.91 Å². The number of carboxylic acid groups (broad SMARTS) is 1. The molecule has 4 rings (SSSR count). The fourth-order valence-electron chi connectivity index (χ4n) is 4.33. The van der Waals surface area contributed by atoms with Crippen LogP contribution in [0.3, 0.4) is 0 Å². The van der Waals surface area contributed by atoms with Gasteiger partial charge in [0, 0.05) is 19.0 Å². The van der Waals surface area contributed by atoms with Crippen LogP contribution in [0.15, 0.2) is 0 Å². The number of carbonyl (C=O) groups is 2. The van der Waals surface area contributed by atoms with Crippen molar-refractivity contribution < 1.29 is 14.7 Å². The van der Waals surface area contributed by atoms with Crippen LogP contribution in [0, 0.1) is 29.1 Å². The van der Waals surface area contributed by atoms with Crippen LogP contribution >= 0.6 is 0 Å². The summed E-state index contributed by atoms with van der Waals surface area (Å²) in [5, 5.41) is 9.12. The van der Waals surface area contributed by atoms with Crippen molar-refractivity contribution in [2.75, 3.05) is 13.1 Å². The molecule has 1 unspecified atom stereocenters. The van der Waals surface area contributed by atoms with Crippen molar-refractivity contribution in [3.8, 4) is 0 Å². The molecule has 4 fully saturated rings. The number of rotatable bonds is 4. The van der Waals surface area contributed by atoms with E-state index in [1.165, 1.54) is 25.7 Å². The summed E-state index contributed by atoms with van der Waals surface area (Å²) < 4.78 is 0. The zero-order chi connectivity index (χ0) is 13.9. The van der Waals surface area contributed by atoms with Crippen LogP contribution in [0.4, 0.5) is 0 Å². The zero-order valence-electron chi connectivity index (χ0n) is 11.9. The summed E-state index contributed by atoms with van der Waals surface area (Å²) in [6.45, 7) is 1.58. The largest absolute Gasteiger partial charge is 0.481 e. The second-order valence-corrected chi connectivity index (χ2v) is 7.48. The van der Waals surface area contributed by atoms with Crippen LogP contribution in [-0.2, 0) is 9.59 Å². The molecule has 1 saturated heterocycles. The summed E-state index contributed by atoms with van der Waals surface area (Å²) in [6, 6.07) is 0. The minimum absolute atomic E-state index is 0.0390. The van der Waals surface area contributed by atoms with Gasteiger partial charge in [-0.2, -0.15) is 0 Å². The first-order chi connectivity index (χ1) is 9.61. The molecule has 4 aliphatic rings. The molecule has 0 aromatic heterocycles. The van der Waals surface area contributed by atoms with E-state index in [2.05, 4.69) is 0 Å². The number of aliphatic carboxylic acids is 1. The summed E-state index contributed by atoms with van der Waals surface area (Å²) in [4.78, 5) is 25.8. The molecule has 110 valence electrons. The van der Waals surface area contributed by atoms with E-state index in [-0.39, 0.29) is 11.3 Å². The second-order valence-electron chi connectivity index (χ2n) is 7.48. The van der Waals surface area contributed by atoms with Gasteiger partial charge in [-0.25, -0.2) is 0 Å². The lowest BCUT2D eigenvalue weighted by molar-refractivity contribution is -0.140. The average molecular weight is 277 g/mol.